The fourth-order valence-corrected chi connectivity index (χ4v) is 2.58. The van der Waals surface area contributed by atoms with Crippen LogP contribution in [-0.4, -0.2) is 12.6 Å². The van der Waals surface area contributed by atoms with Crippen LogP contribution in [0.15, 0.2) is 22.7 Å². The molecule has 1 aliphatic carbocycles. The van der Waals surface area contributed by atoms with E-state index in [0.717, 1.165) is 35.8 Å². The molecule has 0 heterocycles. The molecule has 1 aliphatic rings. The van der Waals surface area contributed by atoms with Gasteiger partial charge in [-0.1, -0.05) is 38.3 Å². The summed E-state index contributed by atoms with van der Waals surface area (Å²) in [5.74, 6) is 0.978. The highest BCUT2D eigenvalue weighted by molar-refractivity contribution is 9.10. The summed E-state index contributed by atoms with van der Waals surface area (Å²) >= 11 is 3.67. The standard InChI is InChI=1S/C16H24BrNO/c1-2-3-4-5-11-19-15-8-6-7-13(16(15)17)12-18-14-9-10-14/h6-8,14,18H,2-5,9-12H2,1H3. The highest BCUT2D eigenvalue weighted by Gasteiger charge is 2.20. The zero-order valence-electron chi connectivity index (χ0n) is 11.8. The van der Waals surface area contributed by atoms with Crippen LogP contribution in [0.3, 0.4) is 0 Å². The van der Waals surface area contributed by atoms with Gasteiger partial charge in [0, 0.05) is 12.6 Å². The van der Waals surface area contributed by atoms with Gasteiger partial charge < -0.3 is 10.1 Å². The minimum atomic E-state index is 0.741. The van der Waals surface area contributed by atoms with E-state index >= 15 is 0 Å². The van der Waals surface area contributed by atoms with Gasteiger partial charge in [-0.25, -0.2) is 0 Å². The highest BCUT2D eigenvalue weighted by Crippen LogP contribution is 2.29. The molecule has 0 bridgehead atoms. The van der Waals surface area contributed by atoms with Gasteiger partial charge in [-0.15, -0.1) is 0 Å². The van der Waals surface area contributed by atoms with Gasteiger partial charge in [0.15, 0.2) is 0 Å². The second-order valence-electron chi connectivity index (χ2n) is 5.29. The first-order chi connectivity index (χ1) is 9.31. The second kappa shape index (κ2) is 7.91. The molecule has 1 saturated carbocycles. The molecule has 1 N–H and O–H groups in total. The molecule has 0 aliphatic heterocycles. The van der Waals surface area contributed by atoms with Crippen LogP contribution in [0.2, 0.25) is 0 Å². The molecule has 3 heteroatoms. The van der Waals surface area contributed by atoms with Gasteiger partial charge in [-0.05, 0) is 46.8 Å². The molecule has 0 amide bonds. The Hall–Kier alpha value is -0.540. The lowest BCUT2D eigenvalue weighted by Crippen LogP contribution is -2.15. The monoisotopic (exact) mass is 325 g/mol. The summed E-state index contributed by atoms with van der Waals surface area (Å²) in [5.41, 5.74) is 1.29. The Labute approximate surface area is 125 Å². The minimum Gasteiger partial charge on any atom is -0.492 e. The Morgan fingerprint density at radius 3 is 2.84 bits per heavy atom. The lowest BCUT2D eigenvalue weighted by molar-refractivity contribution is 0.303. The van der Waals surface area contributed by atoms with Crippen molar-refractivity contribution in [3.63, 3.8) is 0 Å². The Morgan fingerprint density at radius 2 is 2.11 bits per heavy atom. The van der Waals surface area contributed by atoms with Crippen molar-refractivity contribution >= 4 is 15.9 Å². The first-order valence-electron chi connectivity index (χ1n) is 7.45. The number of benzene rings is 1. The van der Waals surface area contributed by atoms with Crippen molar-refractivity contribution < 1.29 is 4.74 Å². The zero-order valence-corrected chi connectivity index (χ0v) is 13.3. The molecule has 19 heavy (non-hydrogen) atoms. The van der Waals surface area contributed by atoms with Crippen LogP contribution < -0.4 is 10.1 Å². The minimum absolute atomic E-state index is 0.741. The van der Waals surface area contributed by atoms with E-state index in [9.17, 15) is 0 Å². The molecule has 0 spiro atoms. The predicted molar refractivity (Wildman–Crippen MR) is 83.6 cm³/mol. The number of ether oxygens (including phenoxy) is 1. The third kappa shape index (κ3) is 5.15. The molecule has 2 rings (SSSR count). The van der Waals surface area contributed by atoms with Crippen LogP contribution in [0, 0.1) is 0 Å². The van der Waals surface area contributed by atoms with Crippen LogP contribution >= 0.6 is 15.9 Å². The SMILES string of the molecule is CCCCCCOc1cccc(CNC2CC2)c1Br. The van der Waals surface area contributed by atoms with Gasteiger partial charge in [0.2, 0.25) is 0 Å². The van der Waals surface area contributed by atoms with Gasteiger partial charge in [0.1, 0.15) is 5.75 Å². The fraction of sp³-hybridized carbons (Fsp3) is 0.625. The largest absolute Gasteiger partial charge is 0.492 e. The topological polar surface area (TPSA) is 21.3 Å². The van der Waals surface area contributed by atoms with E-state index in [1.165, 1.54) is 37.7 Å². The van der Waals surface area contributed by atoms with Crippen LogP contribution in [0.1, 0.15) is 51.0 Å². The number of rotatable bonds is 9. The number of halogens is 1. The quantitative estimate of drug-likeness (QED) is 0.667. The Morgan fingerprint density at radius 1 is 1.26 bits per heavy atom. The van der Waals surface area contributed by atoms with E-state index in [1.807, 2.05) is 6.07 Å². The van der Waals surface area contributed by atoms with Gasteiger partial charge in [-0.2, -0.15) is 0 Å². The lowest BCUT2D eigenvalue weighted by atomic mass is 10.2. The van der Waals surface area contributed by atoms with Crippen LogP contribution in [0.4, 0.5) is 0 Å². The molecule has 0 atom stereocenters. The van der Waals surface area contributed by atoms with E-state index in [4.69, 9.17) is 4.74 Å². The van der Waals surface area contributed by atoms with E-state index in [-0.39, 0.29) is 0 Å². The molecule has 0 aromatic heterocycles. The van der Waals surface area contributed by atoms with Crippen molar-refractivity contribution in [1.82, 2.24) is 5.32 Å². The summed E-state index contributed by atoms with van der Waals surface area (Å²) in [7, 11) is 0. The third-order valence-electron chi connectivity index (χ3n) is 3.46. The van der Waals surface area contributed by atoms with E-state index in [2.05, 4.69) is 40.3 Å². The van der Waals surface area contributed by atoms with Crippen LogP contribution in [-0.2, 0) is 6.54 Å². The maximum atomic E-state index is 5.87. The van der Waals surface area contributed by atoms with Crippen LogP contribution in [0.25, 0.3) is 0 Å². The average Bonchev–Trinajstić information content (AvgIpc) is 3.23. The highest BCUT2D eigenvalue weighted by atomic mass is 79.9. The summed E-state index contributed by atoms with van der Waals surface area (Å²) < 4.78 is 6.98. The maximum Gasteiger partial charge on any atom is 0.133 e. The van der Waals surface area contributed by atoms with Crippen molar-refractivity contribution in [1.29, 1.82) is 0 Å². The Kier molecular flexibility index (Phi) is 6.18. The van der Waals surface area contributed by atoms with Gasteiger partial charge in [0.05, 0.1) is 11.1 Å². The molecule has 0 saturated heterocycles. The molecule has 1 aromatic rings. The molecule has 0 radical (unpaired) electrons. The number of hydrogen-bond donors (Lipinski definition) is 1. The van der Waals surface area contributed by atoms with Gasteiger partial charge in [0.25, 0.3) is 0 Å². The molecular weight excluding hydrogens is 302 g/mol. The first-order valence-corrected chi connectivity index (χ1v) is 8.24. The molecule has 0 unspecified atom stereocenters. The molecule has 106 valence electrons. The number of nitrogens with one attached hydrogen (secondary N) is 1. The summed E-state index contributed by atoms with van der Waals surface area (Å²) in [6.07, 6.45) is 7.63. The summed E-state index contributed by atoms with van der Waals surface area (Å²) in [6.45, 7) is 3.98. The zero-order chi connectivity index (χ0) is 13.5. The molecule has 1 aromatic carbocycles. The van der Waals surface area contributed by atoms with E-state index in [1.54, 1.807) is 0 Å². The Balaban J connectivity index is 1.80. The van der Waals surface area contributed by atoms with Crippen molar-refractivity contribution in [2.45, 2.75) is 58.0 Å². The average molecular weight is 326 g/mol. The van der Waals surface area contributed by atoms with Crippen molar-refractivity contribution in [2.24, 2.45) is 0 Å². The summed E-state index contributed by atoms with van der Waals surface area (Å²) in [5, 5.41) is 3.54. The third-order valence-corrected chi connectivity index (χ3v) is 4.36. The smallest absolute Gasteiger partial charge is 0.133 e. The normalized spacial score (nSPS) is 14.6. The summed E-state index contributed by atoms with van der Waals surface area (Å²) in [4.78, 5) is 0. The van der Waals surface area contributed by atoms with E-state index < -0.39 is 0 Å². The lowest BCUT2D eigenvalue weighted by Gasteiger charge is -2.12. The predicted octanol–water partition coefficient (Wildman–Crippen LogP) is 4.66. The van der Waals surface area contributed by atoms with Gasteiger partial charge in [-0.3, -0.25) is 0 Å². The van der Waals surface area contributed by atoms with Crippen molar-refractivity contribution in [2.75, 3.05) is 6.61 Å². The molecule has 2 nitrogen and oxygen atoms in total. The fourth-order valence-electron chi connectivity index (χ4n) is 2.06. The molecule has 1 fully saturated rings. The van der Waals surface area contributed by atoms with Gasteiger partial charge >= 0.3 is 0 Å². The number of hydrogen-bond acceptors (Lipinski definition) is 2. The van der Waals surface area contributed by atoms with E-state index in [0.29, 0.717) is 0 Å². The second-order valence-corrected chi connectivity index (χ2v) is 6.09. The number of unbranched alkanes of at least 4 members (excludes halogenated alkanes) is 3. The Bertz CT molecular complexity index is 390. The van der Waals surface area contributed by atoms with Crippen molar-refractivity contribution in [3.8, 4) is 5.75 Å². The molecular formula is C16H24BrNO. The summed E-state index contributed by atoms with van der Waals surface area (Å²) in [6, 6.07) is 7.02. The van der Waals surface area contributed by atoms with Crippen LogP contribution in [0.5, 0.6) is 5.75 Å². The van der Waals surface area contributed by atoms with Crippen molar-refractivity contribution in [3.05, 3.63) is 28.2 Å². The first kappa shape index (κ1) is 14.9. The maximum absolute atomic E-state index is 5.87.